The van der Waals surface area contributed by atoms with Gasteiger partial charge in [0.15, 0.2) is 6.04 Å². The second-order valence-corrected chi connectivity index (χ2v) is 3.97. The van der Waals surface area contributed by atoms with E-state index in [1.54, 1.807) is 0 Å². The van der Waals surface area contributed by atoms with E-state index in [0.29, 0.717) is 5.75 Å². The van der Waals surface area contributed by atoms with Crippen molar-refractivity contribution in [2.45, 2.75) is 12.5 Å². The third-order valence-corrected chi connectivity index (χ3v) is 2.38. The standard InChI is InChI=1S/C13H16FNO5/c1-19-8-11(13(17)18)15-12(16)6-7-20-10-4-2-9(14)3-5-10/h2-5,11H,6-8H2,1H3,(H,15,16)(H,17,18). The highest BCUT2D eigenvalue weighted by molar-refractivity contribution is 5.83. The van der Waals surface area contributed by atoms with E-state index in [0.717, 1.165) is 0 Å². The van der Waals surface area contributed by atoms with Crippen LogP contribution in [0.5, 0.6) is 5.75 Å². The Hall–Kier alpha value is -2.15. The lowest BCUT2D eigenvalue weighted by molar-refractivity contribution is -0.143. The van der Waals surface area contributed by atoms with Crippen LogP contribution >= 0.6 is 0 Å². The Morgan fingerprint density at radius 3 is 2.55 bits per heavy atom. The fourth-order valence-electron chi connectivity index (χ4n) is 1.40. The number of nitrogens with one attached hydrogen (secondary N) is 1. The summed E-state index contributed by atoms with van der Waals surface area (Å²) in [7, 11) is 1.35. The van der Waals surface area contributed by atoms with Gasteiger partial charge in [0.2, 0.25) is 5.91 Å². The number of hydrogen-bond donors (Lipinski definition) is 2. The molecule has 1 unspecified atom stereocenters. The number of carboxylic acids is 1. The van der Waals surface area contributed by atoms with Gasteiger partial charge in [-0.25, -0.2) is 9.18 Å². The molecular weight excluding hydrogens is 269 g/mol. The third-order valence-electron chi connectivity index (χ3n) is 2.38. The van der Waals surface area contributed by atoms with E-state index < -0.39 is 17.9 Å². The zero-order valence-corrected chi connectivity index (χ0v) is 11.0. The maximum Gasteiger partial charge on any atom is 0.328 e. The minimum atomic E-state index is -1.17. The summed E-state index contributed by atoms with van der Waals surface area (Å²) in [5.74, 6) is -1.57. The number of carbonyl (C=O) groups excluding carboxylic acids is 1. The normalized spacial score (nSPS) is 11.7. The van der Waals surface area contributed by atoms with E-state index in [1.807, 2.05) is 0 Å². The largest absolute Gasteiger partial charge is 0.493 e. The molecule has 0 bridgehead atoms. The topological polar surface area (TPSA) is 84.9 Å². The second kappa shape index (κ2) is 8.11. The molecule has 0 aliphatic rings. The van der Waals surface area contributed by atoms with Crippen LogP contribution in [0.1, 0.15) is 6.42 Å². The molecule has 6 nitrogen and oxygen atoms in total. The third kappa shape index (κ3) is 5.66. The number of halogens is 1. The molecule has 0 saturated heterocycles. The Labute approximate surface area is 115 Å². The first kappa shape index (κ1) is 15.9. The van der Waals surface area contributed by atoms with Gasteiger partial charge < -0.3 is 19.9 Å². The van der Waals surface area contributed by atoms with Crippen LogP contribution in [-0.2, 0) is 14.3 Å². The average Bonchev–Trinajstić information content (AvgIpc) is 2.40. The molecular formula is C13H16FNO5. The van der Waals surface area contributed by atoms with Crippen molar-refractivity contribution in [1.82, 2.24) is 5.32 Å². The number of hydrogen-bond acceptors (Lipinski definition) is 4. The highest BCUT2D eigenvalue weighted by Crippen LogP contribution is 2.11. The van der Waals surface area contributed by atoms with Crippen molar-refractivity contribution >= 4 is 11.9 Å². The molecule has 1 rings (SSSR count). The lowest BCUT2D eigenvalue weighted by atomic mass is 10.3. The molecule has 0 saturated carbocycles. The van der Waals surface area contributed by atoms with Crippen molar-refractivity contribution in [2.75, 3.05) is 20.3 Å². The van der Waals surface area contributed by atoms with Crippen LogP contribution in [0, 0.1) is 5.82 Å². The minimum Gasteiger partial charge on any atom is -0.493 e. The van der Waals surface area contributed by atoms with Gasteiger partial charge in [-0.3, -0.25) is 4.79 Å². The van der Waals surface area contributed by atoms with Crippen LogP contribution in [0.25, 0.3) is 0 Å². The lowest BCUT2D eigenvalue weighted by Crippen LogP contribution is -2.44. The predicted molar refractivity (Wildman–Crippen MR) is 68.0 cm³/mol. The van der Waals surface area contributed by atoms with Gasteiger partial charge in [0, 0.05) is 7.11 Å². The van der Waals surface area contributed by atoms with E-state index in [-0.39, 0.29) is 25.5 Å². The van der Waals surface area contributed by atoms with Gasteiger partial charge in [-0.05, 0) is 24.3 Å². The van der Waals surface area contributed by atoms with Crippen LogP contribution in [0.3, 0.4) is 0 Å². The minimum absolute atomic E-state index is 0.00906. The molecule has 0 aromatic heterocycles. The molecule has 2 N–H and O–H groups in total. The van der Waals surface area contributed by atoms with Gasteiger partial charge in [0.25, 0.3) is 0 Å². The molecule has 1 atom stereocenters. The first-order valence-corrected chi connectivity index (χ1v) is 5.92. The van der Waals surface area contributed by atoms with Gasteiger partial charge in [-0.15, -0.1) is 0 Å². The van der Waals surface area contributed by atoms with Crippen LogP contribution in [-0.4, -0.2) is 43.3 Å². The molecule has 0 radical (unpaired) electrons. The molecule has 0 aliphatic carbocycles. The number of ether oxygens (including phenoxy) is 2. The molecule has 1 aromatic rings. The Balaban J connectivity index is 2.32. The summed E-state index contributed by atoms with van der Waals surface area (Å²) < 4.78 is 22.6. The fourth-order valence-corrected chi connectivity index (χ4v) is 1.40. The number of carbonyl (C=O) groups is 2. The van der Waals surface area contributed by atoms with Crippen LogP contribution in [0.15, 0.2) is 24.3 Å². The maximum atomic E-state index is 12.6. The molecule has 1 aromatic carbocycles. The molecule has 110 valence electrons. The summed E-state index contributed by atoms with van der Waals surface area (Å²) in [4.78, 5) is 22.3. The van der Waals surface area contributed by atoms with Gasteiger partial charge in [-0.1, -0.05) is 0 Å². The zero-order chi connectivity index (χ0) is 15.0. The number of carboxylic acid groups (broad SMARTS) is 1. The average molecular weight is 285 g/mol. The van der Waals surface area contributed by atoms with E-state index in [1.165, 1.54) is 31.4 Å². The summed E-state index contributed by atoms with van der Waals surface area (Å²) in [6.07, 6.45) is -0.00906. The molecule has 7 heteroatoms. The highest BCUT2D eigenvalue weighted by Gasteiger charge is 2.19. The van der Waals surface area contributed by atoms with Crippen molar-refractivity contribution in [3.63, 3.8) is 0 Å². The number of methoxy groups -OCH3 is 1. The van der Waals surface area contributed by atoms with Gasteiger partial charge in [-0.2, -0.15) is 0 Å². The number of rotatable bonds is 8. The zero-order valence-electron chi connectivity index (χ0n) is 11.0. The first-order valence-electron chi connectivity index (χ1n) is 5.92. The van der Waals surface area contributed by atoms with Crippen molar-refractivity contribution in [3.8, 4) is 5.75 Å². The first-order chi connectivity index (χ1) is 9.52. The molecule has 0 spiro atoms. The van der Waals surface area contributed by atoms with Gasteiger partial charge >= 0.3 is 5.97 Å². The Bertz CT molecular complexity index is 449. The van der Waals surface area contributed by atoms with Crippen molar-refractivity contribution in [3.05, 3.63) is 30.1 Å². The van der Waals surface area contributed by atoms with Crippen LogP contribution in [0.2, 0.25) is 0 Å². The summed E-state index contributed by atoms with van der Waals surface area (Å²) in [6.45, 7) is -0.0450. The Kier molecular flexibility index (Phi) is 6.45. The van der Waals surface area contributed by atoms with E-state index in [9.17, 15) is 14.0 Å². The SMILES string of the molecule is COCC(NC(=O)CCOc1ccc(F)cc1)C(=O)O. The number of aliphatic carboxylic acids is 1. The Morgan fingerprint density at radius 2 is 2.00 bits per heavy atom. The predicted octanol–water partition coefficient (Wildman–Crippen LogP) is 0.810. The molecule has 0 aliphatic heterocycles. The Morgan fingerprint density at radius 1 is 1.35 bits per heavy atom. The number of benzene rings is 1. The van der Waals surface area contributed by atoms with E-state index >= 15 is 0 Å². The van der Waals surface area contributed by atoms with Crippen molar-refractivity contribution in [1.29, 1.82) is 0 Å². The van der Waals surface area contributed by atoms with Crippen LogP contribution in [0.4, 0.5) is 4.39 Å². The molecule has 0 heterocycles. The smallest absolute Gasteiger partial charge is 0.328 e. The molecule has 1 amide bonds. The second-order valence-electron chi connectivity index (χ2n) is 3.97. The quantitative estimate of drug-likeness (QED) is 0.738. The number of amides is 1. The van der Waals surface area contributed by atoms with Crippen molar-refractivity contribution in [2.24, 2.45) is 0 Å². The highest BCUT2D eigenvalue weighted by atomic mass is 19.1. The van der Waals surface area contributed by atoms with Crippen molar-refractivity contribution < 1.29 is 28.6 Å². The monoisotopic (exact) mass is 285 g/mol. The van der Waals surface area contributed by atoms with Gasteiger partial charge in [0.1, 0.15) is 11.6 Å². The van der Waals surface area contributed by atoms with Crippen LogP contribution < -0.4 is 10.1 Å². The van der Waals surface area contributed by atoms with E-state index in [2.05, 4.69) is 10.1 Å². The maximum absolute atomic E-state index is 12.6. The fraction of sp³-hybridized carbons (Fsp3) is 0.385. The lowest BCUT2D eigenvalue weighted by Gasteiger charge is -2.13. The molecule has 20 heavy (non-hydrogen) atoms. The summed E-state index contributed by atoms with van der Waals surface area (Å²) in [5, 5.41) is 11.1. The molecule has 0 fully saturated rings. The summed E-state index contributed by atoms with van der Waals surface area (Å²) in [6, 6.07) is 4.29. The summed E-state index contributed by atoms with van der Waals surface area (Å²) >= 11 is 0. The van der Waals surface area contributed by atoms with Gasteiger partial charge in [0.05, 0.1) is 19.6 Å². The van der Waals surface area contributed by atoms with E-state index in [4.69, 9.17) is 9.84 Å². The summed E-state index contributed by atoms with van der Waals surface area (Å²) in [5.41, 5.74) is 0.